The molecule has 1 aliphatic rings. The summed E-state index contributed by atoms with van der Waals surface area (Å²) in [6.07, 6.45) is 1.83. The molecule has 192 valence electrons. The van der Waals surface area contributed by atoms with Gasteiger partial charge in [-0.1, -0.05) is 93.3 Å². The minimum atomic E-state index is -0.0918. The van der Waals surface area contributed by atoms with Crippen LogP contribution in [-0.2, 0) is 16.8 Å². The molecule has 3 aromatic rings. The third-order valence-corrected chi connectivity index (χ3v) is 7.25. The van der Waals surface area contributed by atoms with Crippen molar-refractivity contribution in [3.63, 3.8) is 0 Å². The number of thioether (sulfide) groups is 1. The third kappa shape index (κ3) is 6.93. The molecule has 1 heterocycles. The van der Waals surface area contributed by atoms with Crippen molar-refractivity contribution in [1.82, 2.24) is 4.90 Å². The van der Waals surface area contributed by atoms with E-state index in [1.165, 1.54) is 17.3 Å². The molecule has 0 saturated carbocycles. The standard InChI is InChI=1S/C30H31NO4S2/c1-30(2,3)23-11-13-24(14-12-23)34-16-17-35-25-15-10-22(18-26(25)33-4)19-27-28(32)31(29(36)37-27)20-21-8-6-5-7-9-21/h5-15,18-19H,16-17,20H2,1-4H3/b27-19-. The second kappa shape index (κ2) is 11.8. The van der Waals surface area contributed by atoms with E-state index in [1.54, 1.807) is 12.0 Å². The molecule has 1 amide bonds. The highest BCUT2D eigenvalue weighted by atomic mass is 32.2. The normalized spacial score (nSPS) is 14.8. The molecule has 5 nitrogen and oxygen atoms in total. The molecule has 0 spiro atoms. The lowest BCUT2D eigenvalue weighted by atomic mass is 9.87. The fraction of sp³-hybridized carbons (Fsp3) is 0.267. The van der Waals surface area contributed by atoms with Gasteiger partial charge < -0.3 is 14.2 Å². The van der Waals surface area contributed by atoms with Crippen molar-refractivity contribution in [2.45, 2.75) is 32.7 Å². The number of amides is 1. The summed E-state index contributed by atoms with van der Waals surface area (Å²) < 4.78 is 17.8. The summed E-state index contributed by atoms with van der Waals surface area (Å²) in [5, 5.41) is 0. The van der Waals surface area contributed by atoms with Crippen LogP contribution < -0.4 is 14.2 Å². The molecule has 3 aromatic carbocycles. The van der Waals surface area contributed by atoms with E-state index in [-0.39, 0.29) is 11.3 Å². The SMILES string of the molecule is COc1cc(/C=C2\SC(=S)N(Cc3ccccc3)C2=O)ccc1OCCOc1ccc(C(C)(C)C)cc1. The Bertz CT molecular complexity index is 1280. The minimum Gasteiger partial charge on any atom is -0.493 e. The molecular formula is C30H31NO4S2. The van der Waals surface area contributed by atoms with Crippen LogP contribution in [0.1, 0.15) is 37.5 Å². The van der Waals surface area contributed by atoms with Crippen molar-refractivity contribution >= 4 is 40.3 Å². The predicted molar refractivity (Wildman–Crippen MR) is 154 cm³/mol. The zero-order valence-electron chi connectivity index (χ0n) is 21.5. The van der Waals surface area contributed by atoms with Crippen LogP contribution >= 0.6 is 24.0 Å². The molecule has 0 aliphatic carbocycles. The van der Waals surface area contributed by atoms with Crippen LogP contribution in [0.4, 0.5) is 0 Å². The predicted octanol–water partition coefficient (Wildman–Crippen LogP) is 6.85. The number of carbonyl (C=O) groups excluding carboxylic acids is 1. The molecule has 0 aromatic heterocycles. The van der Waals surface area contributed by atoms with Crippen molar-refractivity contribution in [3.05, 3.63) is 94.4 Å². The minimum absolute atomic E-state index is 0.0918. The maximum absolute atomic E-state index is 13.0. The molecule has 0 atom stereocenters. The van der Waals surface area contributed by atoms with Crippen LogP contribution in [0.5, 0.6) is 17.2 Å². The topological polar surface area (TPSA) is 48.0 Å². The highest BCUT2D eigenvalue weighted by molar-refractivity contribution is 8.26. The Balaban J connectivity index is 1.35. The number of nitrogens with zero attached hydrogens (tertiary/aromatic N) is 1. The van der Waals surface area contributed by atoms with E-state index in [2.05, 4.69) is 32.9 Å². The van der Waals surface area contributed by atoms with Crippen LogP contribution in [0.2, 0.25) is 0 Å². The van der Waals surface area contributed by atoms with Gasteiger partial charge >= 0.3 is 0 Å². The first-order valence-corrected chi connectivity index (χ1v) is 13.3. The first kappa shape index (κ1) is 26.8. The first-order chi connectivity index (χ1) is 17.7. The van der Waals surface area contributed by atoms with Crippen LogP contribution in [0.3, 0.4) is 0 Å². The smallest absolute Gasteiger partial charge is 0.266 e. The summed E-state index contributed by atoms with van der Waals surface area (Å²) >= 11 is 6.78. The zero-order valence-corrected chi connectivity index (χ0v) is 23.2. The van der Waals surface area contributed by atoms with Gasteiger partial charge in [-0.2, -0.15) is 0 Å². The Morgan fingerprint density at radius 3 is 2.30 bits per heavy atom. The lowest BCUT2D eigenvalue weighted by Gasteiger charge is -2.19. The van der Waals surface area contributed by atoms with Crippen molar-refractivity contribution in [3.8, 4) is 17.2 Å². The summed E-state index contributed by atoms with van der Waals surface area (Å²) in [5.41, 5.74) is 3.24. The fourth-order valence-corrected chi connectivity index (χ4v) is 5.06. The molecule has 4 rings (SSSR count). The lowest BCUT2D eigenvalue weighted by molar-refractivity contribution is -0.122. The van der Waals surface area contributed by atoms with Gasteiger partial charge in [0.2, 0.25) is 0 Å². The van der Waals surface area contributed by atoms with E-state index in [0.717, 1.165) is 16.9 Å². The largest absolute Gasteiger partial charge is 0.493 e. The van der Waals surface area contributed by atoms with Gasteiger partial charge in [-0.15, -0.1) is 0 Å². The van der Waals surface area contributed by atoms with E-state index in [0.29, 0.717) is 40.5 Å². The number of thiocarbonyl (C=S) groups is 1. The number of ether oxygens (including phenoxy) is 3. The fourth-order valence-electron chi connectivity index (χ4n) is 3.81. The number of hydrogen-bond donors (Lipinski definition) is 0. The average molecular weight is 534 g/mol. The number of carbonyl (C=O) groups is 1. The van der Waals surface area contributed by atoms with Crippen LogP contribution in [0.25, 0.3) is 6.08 Å². The van der Waals surface area contributed by atoms with Gasteiger partial charge in [0.15, 0.2) is 11.5 Å². The van der Waals surface area contributed by atoms with E-state index >= 15 is 0 Å². The second-order valence-electron chi connectivity index (χ2n) is 9.64. The van der Waals surface area contributed by atoms with E-state index in [4.69, 9.17) is 26.4 Å². The number of benzene rings is 3. The van der Waals surface area contributed by atoms with Gasteiger partial charge in [0.25, 0.3) is 5.91 Å². The Kier molecular flexibility index (Phi) is 8.56. The molecule has 0 unspecified atom stereocenters. The van der Waals surface area contributed by atoms with Crippen LogP contribution in [-0.4, -0.2) is 35.5 Å². The maximum atomic E-state index is 13.0. The number of hydrogen-bond acceptors (Lipinski definition) is 6. The van der Waals surface area contributed by atoms with Gasteiger partial charge in [0.1, 0.15) is 23.3 Å². The quantitative estimate of drug-likeness (QED) is 0.170. The van der Waals surface area contributed by atoms with Crippen LogP contribution in [0.15, 0.2) is 77.7 Å². The van der Waals surface area contributed by atoms with E-state index in [9.17, 15) is 4.79 Å². The zero-order chi connectivity index (χ0) is 26.4. The summed E-state index contributed by atoms with van der Waals surface area (Å²) in [4.78, 5) is 15.2. The number of rotatable bonds is 9. The maximum Gasteiger partial charge on any atom is 0.266 e. The van der Waals surface area contributed by atoms with Crippen molar-refractivity contribution < 1.29 is 19.0 Å². The molecule has 7 heteroatoms. The third-order valence-electron chi connectivity index (χ3n) is 5.87. The van der Waals surface area contributed by atoms with E-state index < -0.39 is 0 Å². The Morgan fingerprint density at radius 1 is 0.919 bits per heavy atom. The average Bonchev–Trinajstić information content (AvgIpc) is 3.14. The molecule has 37 heavy (non-hydrogen) atoms. The monoisotopic (exact) mass is 533 g/mol. The van der Waals surface area contributed by atoms with Crippen LogP contribution in [0, 0.1) is 0 Å². The van der Waals surface area contributed by atoms with Crippen molar-refractivity contribution in [2.75, 3.05) is 20.3 Å². The molecule has 1 aliphatic heterocycles. The lowest BCUT2D eigenvalue weighted by Crippen LogP contribution is -2.27. The summed E-state index contributed by atoms with van der Waals surface area (Å²) in [5.74, 6) is 1.92. The second-order valence-corrected chi connectivity index (χ2v) is 11.3. The van der Waals surface area contributed by atoms with Gasteiger partial charge in [-0.25, -0.2) is 0 Å². The highest BCUT2D eigenvalue weighted by Crippen LogP contribution is 2.35. The molecular weight excluding hydrogens is 502 g/mol. The van der Waals surface area contributed by atoms with Crippen molar-refractivity contribution in [2.24, 2.45) is 0 Å². The van der Waals surface area contributed by atoms with Gasteiger partial charge in [-0.05, 0) is 52.4 Å². The Hall–Kier alpha value is -3.29. The summed E-state index contributed by atoms with van der Waals surface area (Å²) in [6, 6.07) is 23.6. The van der Waals surface area contributed by atoms with Crippen molar-refractivity contribution in [1.29, 1.82) is 0 Å². The molecule has 1 saturated heterocycles. The Labute approximate surface area is 228 Å². The highest BCUT2D eigenvalue weighted by Gasteiger charge is 2.32. The molecule has 0 bridgehead atoms. The van der Waals surface area contributed by atoms with Gasteiger partial charge in [0.05, 0.1) is 18.6 Å². The molecule has 0 N–H and O–H groups in total. The Morgan fingerprint density at radius 2 is 1.62 bits per heavy atom. The van der Waals surface area contributed by atoms with Gasteiger partial charge in [0, 0.05) is 0 Å². The van der Waals surface area contributed by atoms with E-state index in [1.807, 2.05) is 66.7 Å². The first-order valence-electron chi connectivity index (χ1n) is 12.1. The van der Waals surface area contributed by atoms with Gasteiger partial charge in [-0.3, -0.25) is 9.69 Å². The molecule has 1 fully saturated rings. The molecule has 0 radical (unpaired) electrons. The summed E-state index contributed by atoms with van der Waals surface area (Å²) in [7, 11) is 1.60. The summed E-state index contributed by atoms with van der Waals surface area (Å²) in [6.45, 7) is 7.80. The number of methoxy groups -OCH3 is 1.